The molecule has 2 aromatic carbocycles. The number of ketones is 5. The van der Waals surface area contributed by atoms with Crippen molar-refractivity contribution in [2.24, 2.45) is 23.7 Å². The molecule has 3 aliphatic carbocycles. The Labute approximate surface area is 237 Å². The van der Waals surface area contributed by atoms with Gasteiger partial charge in [-0.05, 0) is 55.9 Å². The summed E-state index contributed by atoms with van der Waals surface area (Å²) in [6.45, 7) is 0.953. The maximum absolute atomic E-state index is 14.1. The molecular formula is C30H26F3NO8. The predicted octanol–water partition coefficient (Wildman–Crippen LogP) is 1.96. The Balaban J connectivity index is 1.76. The fraction of sp³-hybridized carbons (Fsp3) is 0.367. The molecule has 0 radical (unpaired) electrons. The van der Waals surface area contributed by atoms with Gasteiger partial charge in [0.15, 0.2) is 28.7 Å². The Hall–Kier alpha value is -4.00. The predicted molar refractivity (Wildman–Crippen MR) is 140 cm³/mol. The molecule has 0 heterocycles. The summed E-state index contributed by atoms with van der Waals surface area (Å²) in [5.74, 6) is -13.3. The highest BCUT2D eigenvalue weighted by molar-refractivity contribution is 6.33. The van der Waals surface area contributed by atoms with E-state index in [0.717, 1.165) is 31.2 Å². The number of phenolic OH excluding ortho intramolecular Hbond substituents is 1. The van der Waals surface area contributed by atoms with Crippen molar-refractivity contribution in [2.75, 3.05) is 14.1 Å². The molecule has 2 saturated carbocycles. The molecule has 7 atom stereocenters. The monoisotopic (exact) mass is 585 g/mol. The summed E-state index contributed by atoms with van der Waals surface area (Å²) < 4.78 is 39.5. The van der Waals surface area contributed by atoms with Crippen LogP contribution in [-0.2, 0) is 25.4 Å². The molecule has 0 bridgehead atoms. The molecule has 0 aliphatic heterocycles. The number of aromatic hydroxyl groups is 1. The lowest BCUT2D eigenvalue weighted by atomic mass is 9.50. The highest BCUT2D eigenvalue weighted by Crippen LogP contribution is 2.54. The molecule has 5 rings (SSSR count). The van der Waals surface area contributed by atoms with Crippen molar-refractivity contribution in [1.29, 1.82) is 0 Å². The molecule has 0 amide bonds. The molecule has 42 heavy (non-hydrogen) atoms. The number of rotatable bonds is 3. The molecule has 2 aromatic rings. The fourth-order valence-electron chi connectivity index (χ4n) is 6.73. The van der Waals surface area contributed by atoms with Gasteiger partial charge in [0.25, 0.3) is 0 Å². The molecule has 0 aromatic heterocycles. The highest BCUT2D eigenvalue weighted by atomic mass is 19.4. The molecule has 0 saturated heterocycles. The molecule has 0 spiro atoms. The van der Waals surface area contributed by atoms with Crippen LogP contribution in [-0.4, -0.2) is 81.0 Å². The Bertz CT molecular complexity index is 1580. The molecule has 2 unspecified atom stereocenters. The number of alkyl halides is 3. The second-order valence-corrected chi connectivity index (χ2v) is 11.2. The Morgan fingerprint density at radius 1 is 1.00 bits per heavy atom. The maximum Gasteiger partial charge on any atom is 0.416 e. The van der Waals surface area contributed by atoms with Crippen molar-refractivity contribution in [3.05, 3.63) is 64.7 Å². The first kappa shape index (κ1) is 29.5. The van der Waals surface area contributed by atoms with Gasteiger partial charge < -0.3 is 15.3 Å². The number of hydrogen-bond donors (Lipinski definition) is 3. The Morgan fingerprint density at radius 2 is 1.62 bits per heavy atom. The number of aliphatic hydroxyl groups excluding tert-OH is 1. The average molecular weight is 586 g/mol. The lowest BCUT2D eigenvalue weighted by Gasteiger charge is -2.55. The van der Waals surface area contributed by atoms with E-state index in [-0.39, 0.29) is 22.3 Å². The summed E-state index contributed by atoms with van der Waals surface area (Å²) in [6.07, 6.45) is -5.16. The minimum absolute atomic E-state index is 0.0688. The fourth-order valence-corrected chi connectivity index (χ4v) is 6.73. The molecule has 2 fully saturated rings. The average Bonchev–Trinajstić information content (AvgIpc) is 2.89. The van der Waals surface area contributed by atoms with Gasteiger partial charge in [-0.15, -0.1) is 0 Å². The molecule has 3 aliphatic rings. The van der Waals surface area contributed by atoms with E-state index in [1.807, 2.05) is 0 Å². The summed E-state index contributed by atoms with van der Waals surface area (Å²) in [7, 11) is 2.80. The number of hydrogen-bond acceptors (Lipinski definition) is 9. The topological polar surface area (TPSA) is 149 Å². The number of carbonyl (C=O) groups is 5. The van der Waals surface area contributed by atoms with Gasteiger partial charge in [-0.2, -0.15) is 13.2 Å². The number of Topliss-reactive ketones (excluding diaryl/α,β-unsaturated/α-hetero) is 5. The second-order valence-electron chi connectivity index (χ2n) is 11.2. The number of fused-ring (bicyclic) bond motifs is 3. The van der Waals surface area contributed by atoms with Crippen LogP contribution in [0.3, 0.4) is 0 Å². The molecule has 9 nitrogen and oxygen atoms in total. The number of nitrogens with zero attached hydrogens (tertiary/aromatic N) is 1. The van der Waals surface area contributed by atoms with Gasteiger partial charge >= 0.3 is 6.18 Å². The molecule has 12 heteroatoms. The third-order valence-electron chi connectivity index (χ3n) is 8.55. The van der Waals surface area contributed by atoms with Gasteiger partial charge in [0, 0.05) is 5.92 Å². The molecular weight excluding hydrogens is 559 g/mol. The summed E-state index contributed by atoms with van der Waals surface area (Å²) in [4.78, 5) is 68.5. The van der Waals surface area contributed by atoms with E-state index in [2.05, 4.69) is 0 Å². The molecule has 3 N–H and O–H groups in total. The standard InChI is InChI=1S/C30H26F3NO8/c1-12(35)18-26(39)23(34(2)3)22-25(38)20-16(11-13-7-9-14(10-8-13)30(31,32)33)15-5-4-6-17(36)19(15)24(37)21(20)28(41)29(22,42)27(18)40/h4-11,18,20-23,25,36,38,42H,1-3H3/b16-11+/t18?,20-,21?,22-,23+,25+,29-/m1/s1. The van der Waals surface area contributed by atoms with Crippen LogP contribution >= 0.6 is 0 Å². The number of benzene rings is 2. The van der Waals surface area contributed by atoms with E-state index >= 15 is 0 Å². The van der Waals surface area contributed by atoms with Gasteiger partial charge in [-0.1, -0.05) is 30.3 Å². The minimum atomic E-state index is -4.61. The van der Waals surface area contributed by atoms with E-state index in [4.69, 9.17) is 0 Å². The summed E-state index contributed by atoms with van der Waals surface area (Å²) in [6, 6.07) is 6.43. The van der Waals surface area contributed by atoms with Gasteiger partial charge in [-0.3, -0.25) is 28.9 Å². The van der Waals surface area contributed by atoms with Crippen LogP contribution < -0.4 is 0 Å². The zero-order valence-electron chi connectivity index (χ0n) is 22.5. The SMILES string of the molecule is CC(=O)C1C(=O)[C@@H](N(C)C)[C@@H]2[C@@H](O)[C@@H]3/C(=C/c4ccc(C(F)(F)F)cc4)c4cccc(O)c4C(=O)C3C(=O)[C@]2(O)C1=O. The van der Waals surface area contributed by atoms with E-state index < -0.39 is 87.8 Å². The van der Waals surface area contributed by atoms with Crippen molar-refractivity contribution in [2.45, 2.75) is 30.8 Å². The maximum atomic E-state index is 14.1. The van der Waals surface area contributed by atoms with Crippen LogP contribution in [0.25, 0.3) is 11.6 Å². The van der Waals surface area contributed by atoms with Crippen molar-refractivity contribution < 1.29 is 52.5 Å². The molecule has 220 valence electrons. The van der Waals surface area contributed by atoms with Crippen molar-refractivity contribution in [1.82, 2.24) is 4.90 Å². The summed E-state index contributed by atoms with van der Waals surface area (Å²) in [5.41, 5.74) is -4.03. The van der Waals surface area contributed by atoms with E-state index in [1.165, 1.54) is 43.3 Å². The number of likely N-dealkylation sites (N-methyl/N-ethyl adjacent to an activating group) is 1. The van der Waals surface area contributed by atoms with E-state index in [1.54, 1.807) is 0 Å². The third kappa shape index (κ3) is 4.08. The number of aliphatic hydroxyl groups is 2. The highest BCUT2D eigenvalue weighted by Gasteiger charge is 2.72. The van der Waals surface area contributed by atoms with E-state index in [9.17, 15) is 52.5 Å². The Morgan fingerprint density at radius 3 is 2.17 bits per heavy atom. The first-order chi connectivity index (χ1) is 19.5. The van der Waals surface area contributed by atoms with Gasteiger partial charge in [-0.25, -0.2) is 0 Å². The van der Waals surface area contributed by atoms with Crippen LogP contribution in [0.5, 0.6) is 5.75 Å². The first-order valence-electron chi connectivity index (χ1n) is 13.0. The zero-order chi connectivity index (χ0) is 31.0. The third-order valence-corrected chi connectivity index (χ3v) is 8.55. The van der Waals surface area contributed by atoms with Crippen LogP contribution in [0.2, 0.25) is 0 Å². The van der Waals surface area contributed by atoms with Gasteiger partial charge in [0.05, 0.1) is 35.1 Å². The van der Waals surface area contributed by atoms with Crippen LogP contribution in [0, 0.1) is 23.7 Å². The lowest BCUT2D eigenvalue weighted by Crippen LogP contribution is -2.77. The minimum Gasteiger partial charge on any atom is -0.507 e. The van der Waals surface area contributed by atoms with Crippen molar-refractivity contribution >= 4 is 40.6 Å². The first-order valence-corrected chi connectivity index (χ1v) is 13.0. The smallest absolute Gasteiger partial charge is 0.416 e. The van der Waals surface area contributed by atoms with Gasteiger partial charge in [0.1, 0.15) is 17.5 Å². The summed E-state index contributed by atoms with van der Waals surface area (Å²) in [5, 5.41) is 34.2. The van der Waals surface area contributed by atoms with Crippen LogP contribution in [0.4, 0.5) is 13.2 Å². The normalized spacial score (nSPS) is 32.1. The number of halogens is 3. The lowest BCUT2D eigenvalue weighted by molar-refractivity contribution is -0.192. The van der Waals surface area contributed by atoms with Crippen molar-refractivity contribution in [3.8, 4) is 5.75 Å². The van der Waals surface area contributed by atoms with Crippen molar-refractivity contribution in [3.63, 3.8) is 0 Å². The van der Waals surface area contributed by atoms with E-state index in [0.29, 0.717) is 0 Å². The summed E-state index contributed by atoms with van der Waals surface area (Å²) >= 11 is 0. The van der Waals surface area contributed by atoms with Crippen LogP contribution in [0.15, 0.2) is 42.5 Å². The zero-order valence-corrected chi connectivity index (χ0v) is 22.5. The largest absolute Gasteiger partial charge is 0.507 e. The quantitative estimate of drug-likeness (QED) is 0.460. The number of phenols is 1. The Kier molecular flexibility index (Phi) is 6.87. The number of carbonyl (C=O) groups excluding carboxylic acids is 5. The van der Waals surface area contributed by atoms with Gasteiger partial charge in [0.2, 0.25) is 0 Å². The second kappa shape index (κ2) is 9.79. The van der Waals surface area contributed by atoms with Crippen LogP contribution in [0.1, 0.15) is 34.0 Å².